The van der Waals surface area contributed by atoms with Gasteiger partial charge in [0.2, 0.25) is 0 Å². The fourth-order valence-corrected chi connectivity index (χ4v) is 2.48. The molecule has 3 unspecified atom stereocenters. The average molecular weight is 249 g/mol. The fourth-order valence-electron chi connectivity index (χ4n) is 2.02. The van der Waals surface area contributed by atoms with Gasteiger partial charge in [0.1, 0.15) is 0 Å². The van der Waals surface area contributed by atoms with Crippen LogP contribution in [0.15, 0.2) is 0 Å². The van der Waals surface area contributed by atoms with Gasteiger partial charge in [-0.3, -0.25) is 0 Å². The van der Waals surface area contributed by atoms with E-state index in [9.17, 15) is 0 Å². The second-order valence-electron chi connectivity index (χ2n) is 5.64. The molecule has 0 spiro atoms. The summed E-state index contributed by atoms with van der Waals surface area (Å²) in [6.07, 6.45) is 3.32. The molecule has 1 rings (SSSR count). The lowest BCUT2D eigenvalue weighted by molar-refractivity contribution is -0.113. The Hall–Kier alpha value is 0.210. The van der Waals surface area contributed by atoms with Gasteiger partial charge in [-0.2, -0.15) is 0 Å². The molecule has 0 radical (unpaired) electrons. The molecule has 96 valence electrons. The van der Waals surface area contributed by atoms with Gasteiger partial charge in [-0.15, -0.1) is 11.6 Å². The number of ether oxygens (including phenoxy) is 2. The molecule has 2 nitrogen and oxygen atoms in total. The van der Waals surface area contributed by atoms with Crippen LogP contribution >= 0.6 is 11.6 Å². The van der Waals surface area contributed by atoms with Crippen LogP contribution in [0.3, 0.4) is 0 Å². The molecule has 16 heavy (non-hydrogen) atoms. The Morgan fingerprint density at radius 1 is 1.44 bits per heavy atom. The number of hydrogen-bond donors (Lipinski definition) is 0. The van der Waals surface area contributed by atoms with Crippen LogP contribution in [0.2, 0.25) is 0 Å². The van der Waals surface area contributed by atoms with Crippen molar-refractivity contribution in [2.24, 2.45) is 5.41 Å². The van der Waals surface area contributed by atoms with Gasteiger partial charge in [0.05, 0.1) is 11.7 Å². The molecule has 0 aliphatic heterocycles. The Morgan fingerprint density at radius 3 is 2.50 bits per heavy atom. The van der Waals surface area contributed by atoms with E-state index in [2.05, 4.69) is 27.7 Å². The van der Waals surface area contributed by atoms with Gasteiger partial charge in [0.15, 0.2) is 0 Å². The first-order valence-electron chi connectivity index (χ1n) is 6.16. The topological polar surface area (TPSA) is 18.5 Å². The second kappa shape index (κ2) is 5.24. The van der Waals surface area contributed by atoms with E-state index >= 15 is 0 Å². The third-order valence-electron chi connectivity index (χ3n) is 4.21. The maximum Gasteiger partial charge on any atom is 0.0657 e. The lowest BCUT2D eigenvalue weighted by Gasteiger charge is -2.50. The summed E-state index contributed by atoms with van der Waals surface area (Å²) in [5.41, 5.74) is 0.0749. The summed E-state index contributed by atoms with van der Waals surface area (Å²) in [6.45, 7) is 9.33. The molecule has 1 aliphatic rings. The van der Waals surface area contributed by atoms with Gasteiger partial charge in [0, 0.05) is 24.5 Å². The van der Waals surface area contributed by atoms with Crippen LogP contribution < -0.4 is 0 Å². The minimum absolute atomic E-state index is 0.0905. The molecule has 0 heterocycles. The lowest BCUT2D eigenvalue weighted by Crippen LogP contribution is -2.53. The highest BCUT2D eigenvalue weighted by Gasteiger charge is 2.50. The maximum atomic E-state index is 6.24. The number of hydrogen-bond acceptors (Lipinski definition) is 2. The molecule has 0 bridgehead atoms. The minimum Gasteiger partial charge on any atom is -0.379 e. The first-order chi connectivity index (χ1) is 7.35. The molecule has 0 N–H and O–H groups in total. The van der Waals surface area contributed by atoms with Crippen molar-refractivity contribution in [3.8, 4) is 0 Å². The fraction of sp³-hybridized carbons (Fsp3) is 1.00. The Morgan fingerprint density at radius 2 is 2.06 bits per heavy atom. The van der Waals surface area contributed by atoms with Crippen LogP contribution in [0.1, 0.15) is 47.0 Å². The zero-order valence-electron chi connectivity index (χ0n) is 11.2. The number of halogens is 1. The van der Waals surface area contributed by atoms with E-state index in [1.54, 1.807) is 7.11 Å². The van der Waals surface area contributed by atoms with Crippen molar-refractivity contribution in [1.29, 1.82) is 0 Å². The molecule has 3 atom stereocenters. The predicted molar refractivity (Wildman–Crippen MR) is 68.1 cm³/mol. The zero-order chi connectivity index (χ0) is 12.4. The lowest BCUT2D eigenvalue weighted by atomic mass is 9.65. The Bertz CT molecular complexity index is 230. The summed E-state index contributed by atoms with van der Waals surface area (Å²) in [4.78, 5) is 0. The van der Waals surface area contributed by atoms with Gasteiger partial charge < -0.3 is 9.47 Å². The molecule has 0 amide bonds. The van der Waals surface area contributed by atoms with Gasteiger partial charge in [0.25, 0.3) is 0 Å². The van der Waals surface area contributed by atoms with E-state index in [1.807, 2.05) is 0 Å². The normalized spacial score (nSPS) is 34.9. The third-order valence-corrected chi connectivity index (χ3v) is 4.89. The van der Waals surface area contributed by atoms with Gasteiger partial charge in [-0.1, -0.05) is 13.8 Å². The number of alkyl halides is 1. The SMILES string of the molecule is CCC1(C)C(Cl)CC1OCCC(C)(C)OC. The molecule has 0 aromatic heterocycles. The molecule has 3 heteroatoms. The summed E-state index contributed by atoms with van der Waals surface area (Å²) in [5.74, 6) is 0. The van der Waals surface area contributed by atoms with Gasteiger partial charge in [-0.25, -0.2) is 0 Å². The van der Waals surface area contributed by atoms with Crippen molar-refractivity contribution < 1.29 is 9.47 Å². The summed E-state index contributed by atoms with van der Waals surface area (Å²) in [5, 5.41) is 0.276. The van der Waals surface area contributed by atoms with E-state index in [0.717, 1.165) is 25.9 Å². The molecular formula is C13H25ClO2. The van der Waals surface area contributed by atoms with E-state index in [1.165, 1.54) is 0 Å². The second-order valence-corrected chi connectivity index (χ2v) is 6.16. The third kappa shape index (κ3) is 2.91. The zero-order valence-corrected chi connectivity index (χ0v) is 11.9. The highest BCUT2D eigenvalue weighted by atomic mass is 35.5. The van der Waals surface area contributed by atoms with E-state index in [-0.39, 0.29) is 16.4 Å². The van der Waals surface area contributed by atoms with Gasteiger partial charge in [-0.05, 0) is 33.1 Å². The highest BCUT2D eigenvalue weighted by Crippen LogP contribution is 2.49. The van der Waals surface area contributed by atoms with Crippen molar-refractivity contribution in [2.75, 3.05) is 13.7 Å². The first-order valence-corrected chi connectivity index (χ1v) is 6.60. The smallest absolute Gasteiger partial charge is 0.0657 e. The standard InChI is InChI=1S/C13H25ClO2/c1-6-13(4)10(14)9-11(13)16-8-7-12(2,3)15-5/h10-11H,6-9H2,1-5H3. The van der Waals surface area contributed by atoms with Crippen molar-refractivity contribution in [3.05, 3.63) is 0 Å². The van der Waals surface area contributed by atoms with E-state index in [4.69, 9.17) is 21.1 Å². The summed E-state index contributed by atoms with van der Waals surface area (Å²) in [7, 11) is 1.74. The molecule has 1 aliphatic carbocycles. The predicted octanol–water partition coefficient (Wildman–Crippen LogP) is 3.61. The van der Waals surface area contributed by atoms with E-state index < -0.39 is 0 Å². The Labute approximate surface area is 105 Å². The Balaban J connectivity index is 2.30. The first kappa shape index (κ1) is 14.3. The monoisotopic (exact) mass is 248 g/mol. The summed E-state index contributed by atoms with van der Waals surface area (Å²) >= 11 is 6.24. The van der Waals surface area contributed by atoms with E-state index in [0.29, 0.717) is 6.10 Å². The van der Waals surface area contributed by atoms with Crippen LogP contribution in [0.25, 0.3) is 0 Å². The van der Waals surface area contributed by atoms with Crippen molar-refractivity contribution in [1.82, 2.24) is 0 Å². The van der Waals surface area contributed by atoms with Crippen molar-refractivity contribution in [3.63, 3.8) is 0 Å². The van der Waals surface area contributed by atoms with Crippen LogP contribution in [-0.2, 0) is 9.47 Å². The van der Waals surface area contributed by atoms with Crippen LogP contribution in [0, 0.1) is 5.41 Å². The molecule has 0 saturated heterocycles. The quantitative estimate of drug-likeness (QED) is 0.669. The molecule has 1 saturated carbocycles. The largest absolute Gasteiger partial charge is 0.379 e. The van der Waals surface area contributed by atoms with Crippen molar-refractivity contribution >= 4 is 11.6 Å². The molecule has 0 aromatic carbocycles. The van der Waals surface area contributed by atoms with Crippen molar-refractivity contribution in [2.45, 2.75) is 64.0 Å². The average Bonchev–Trinajstić information content (AvgIpc) is 2.26. The van der Waals surface area contributed by atoms with Crippen LogP contribution in [0.5, 0.6) is 0 Å². The maximum absolute atomic E-state index is 6.24. The Kier molecular flexibility index (Phi) is 4.67. The molecule has 0 aromatic rings. The number of rotatable bonds is 6. The minimum atomic E-state index is -0.0905. The van der Waals surface area contributed by atoms with Crippen LogP contribution in [0.4, 0.5) is 0 Å². The summed E-state index contributed by atoms with van der Waals surface area (Å²) < 4.78 is 11.3. The summed E-state index contributed by atoms with van der Waals surface area (Å²) in [6, 6.07) is 0. The van der Waals surface area contributed by atoms with Crippen LogP contribution in [-0.4, -0.2) is 30.8 Å². The molecule has 1 fully saturated rings. The van der Waals surface area contributed by atoms with Gasteiger partial charge >= 0.3 is 0 Å². The highest BCUT2D eigenvalue weighted by molar-refractivity contribution is 6.21. The number of methoxy groups -OCH3 is 1. The molecular weight excluding hydrogens is 224 g/mol.